The minimum absolute atomic E-state index is 0.0665. The van der Waals surface area contributed by atoms with E-state index < -0.39 is 27.7 Å². The molecule has 1 aromatic rings. The Labute approximate surface area is 129 Å². The second kappa shape index (κ2) is 6.87. The van der Waals surface area contributed by atoms with E-state index in [1.54, 1.807) is 31.3 Å². The number of sulfone groups is 1. The number of likely N-dealkylation sites (N-methyl/N-ethyl adjacent to an activating group) is 1. The van der Waals surface area contributed by atoms with E-state index in [9.17, 15) is 18.0 Å². The van der Waals surface area contributed by atoms with E-state index in [1.807, 2.05) is 0 Å². The number of hydrogen-bond acceptors (Lipinski definition) is 5. The van der Waals surface area contributed by atoms with Crippen molar-refractivity contribution >= 4 is 21.7 Å². The van der Waals surface area contributed by atoms with E-state index in [0.29, 0.717) is 18.7 Å². The maximum Gasteiger partial charge on any atom is 0.312 e. The average molecular weight is 325 g/mol. The molecule has 1 saturated heterocycles. The van der Waals surface area contributed by atoms with Gasteiger partial charge in [-0.2, -0.15) is 0 Å². The fraction of sp³-hybridized carbons (Fsp3) is 0.500. The molecule has 2 amide bonds. The van der Waals surface area contributed by atoms with E-state index in [1.165, 1.54) is 4.90 Å². The van der Waals surface area contributed by atoms with Crippen LogP contribution < -0.4 is 5.32 Å². The lowest BCUT2D eigenvalue weighted by Crippen LogP contribution is -2.48. The first-order valence-corrected chi connectivity index (χ1v) is 8.94. The van der Waals surface area contributed by atoms with Crippen molar-refractivity contribution in [1.29, 1.82) is 0 Å². The lowest BCUT2D eigenvalue weighted by molar-refractivity contribution is -0.147. The van der Waals surface area contributed by atoms with Crippen LogP contribution in [0.1, 0.15) is 19.0 Å². The van der Waals surface area contributed by atoms with Crippen LogP contribution in [0.25, 0.3) is 0 Å². The van der Waals surface area contributed by atoms with Gasteiger partial charge in [-0.05, 0) is 25.5 Å². The monoisotopic (exact) mass is 325 g/mol. The Morgan fingerprint density at radius 2 is 2.18 bits per heavy atom. The standard InChI is InChI=1S/C14H19N3O4S/c1-2-17(12-6-8-22(20,21)10-12)14(19)13(18)16-9-11-5-3-4-7-15-11/h3-5,7,12H,2,6,8-10H2,1H3,(H,16,18). The zero-order valence-electron chi connectivity index (χ0n) is 12.4. The van der Waals surface area contributed by atoms with Crippen LogP contribution in [0.3, 0.4) is 0 Å². The van der Waals surface area contributed by atoms with Gasteiger partial charge in [0.25, 0.3) is 0 Å². The Bertz CT molecular complexity index is 645. The number of carbonyl (C=O) groups is 2. The van der Waals surface area contributed by atoms with Gasteiger partial charge in [0.05, 0.1) is 23.7 Å². The van der Waals surface area contributed by atoms with E-state index >= 15 is 0 Å². The number of pyridine rings is 1. The highest BCUT2D eigenvalue weighted by Gasteiger charge is 2.35. The Balaban J connectivity index is 1.95. The molecule has 0 spiro atoms. The largest absolute Gasteiger partial charge is 0.342 e. The molecule has 120 valence electrons. The van der Waals surface area contributed by atoms with Gasteiger partial charge in [0.1, 0.15) is 0 Å². The van der Waals surface area contributed by atoms with Crippen molar-refractivity contribution < 1.29 is 18.0 Å². The fourth-order valence-electron chi connectivity index (χ4n) is 2.47. The van der Waals surface area contributed by atoms with Crippen LogP contribution in [0.2, 0.25) is 0 Å². The molecule has 1 unspecified atom stereocenters. The third-order valence-corrected chi connectivity index (χ3v) is 5.35. The van der Waals surface area contributed by atoms with Crippen molar-refractivity contribution in [3.8, 4) is 0 Å². The molecule has 0 aromatic carbocycles. The van der Waals surface area contributed by atoms with Crippen LogP contribution in [0, 0.1) is 0 Å². The summed E-state index contributed by atoms with van der Waals surface area (Å²) in [5.74, 6) is -1.44. The van der Waals surface area contributed by atoms with Crippen LogP contribution in [0.5, 0.6) is 0 Å². The van der Waals surface area contributed by atoms with Crippen LogP contribution in [-0.4, -0.2) is 54.2 Å². The normalized spacial score (nSPS) is 19.6. The second-order valence-corrected chi connectivity index (χ2v) is 7.38. The lowest BCUT2D eigenvalue weighted by Gasteiger charge is -2.26. The van der Waals surface area contributed by atoms with Gasteiger partial charge in [-0.1, -0.05) is 6.07 Å². The van der Waals surface area contributed by atoms with Crippen molar-refractivity contribution in [2.45, 2.75) is 25.9 Å². The molecule has 1 atom stereocenters. The first-order valence-electron chi connectivity index (χ1n) is 7.12. The van der Waals surface area contributed by atoms with Gasteiger partial charge in [0.2, 0.25) is 0 Å². The summed E-state index contributed by atoms with van der Waals surface area (Å²) in [6.45, 7) is 2.19. The zero-order chi connectivity index (χ0) is 16.2. The molecular formula is C14H19N3O4S. The number of hydrogen-bond donors (Lipinski definition) is 1. The molecule has 1 fully saturated rings. The van der Waals surface area contributed by atoms with Gasteiger partial charge in [0, 0.05) is 18.8 Å². The summed E-state index contributed by atoms with van der Waals surface area (Å²) in [5.41, 5.74) is 0.648. The number of rotatable bonds is 4. The summed E-state index contributed by atoms with van der Waals surface area (Å²) in [6, 6.07) is 4.88. The minimum Gasteiger partial charge on any atom is -0.342 e. The summed E-state index contributed by atoms with van der Waals surface area (Å²) < 4.78 is 23.0. The first-order chi connectivity index (χ1) is 10.4. The van der Waals surface area contributed by atoms with Crippen LogP contribution >= 0.6 is 0 Å². The van der Waals surface area contributed by atoms with Gasteiger partial charge in [-0.3, -0.25) is 14.6 Å². The first kappa shape index (κ1) is 16.4. The summed E-state index contributed by atoms with van der Waals surface area (Å²) in [6.07, 6.45) is 1.99. The average Bonchev–Trinajstić information content (AvgIpc) is 2.86. The van der Waals surface area contributed by atoms with Crippen molar-refractivity contribution in [3.05, 3.63) is 30.1 Å². The van der Waals surface area contributed by atoms with Crippen LogP contribution in [0.4, 0.5) is 0 Å². The molecule has 0 radical (unpaired) electrons. The number of amides is 2. The highest BCUT2D eigenvalue weighted by Crippen LogP contribution is 2.17. The summed E-state index contributed by atoms with van der Waals surface area (Å²) in [7, 11) is -3.10. The number of nitrogens with one attached hydrogen (secondary N) is 1. The summed E-state index contributed by atoms with van der Waals surface area (Å²) in [4.78, 5) is 29.5. The lowest BCUT2D eigenvalue weighted by atomic mass is 10.2. The van der Waals surface area contributed by atoms with Crippen LogP contribution in [-0.2, 0) is 26.0 Å². The van der Waals surface area contributed by atoms with Gasteiger partial charge in [-0.15, -0.1) is 0 Å². The highest BCUT2D eigenvalue weighted by molar-refractivity contribution is 7.91. The molecule has 0 aliphatic carbocycles. The summed E-state index contributed by atoms with van der Waals surface area (Å²) in [5, 5.41) is 2.52. The molecule has 7 nitrogen and oxygen atoms in total. The van der Waals surface area contributed by atoms with E-state index in [0.717, 1.165) is 0 Å². The van der Waals surface area contributed by atoms with Crippen molar-refractivity contribution in [1.82, 2.24) is 15.2 Å². The van der Waals surface area contributed by atoms with Crippen molar-refractivity contribution in [2.24, 2.45) is 0 Å². The molecule has 2 rings (SSSR count). The number of carbonyl (C=O) groups excluding carboxylic acids is 2. The third kappa shape index (κ3) is 4.03. The van der Waals surface area contributed by atoms with Gasteiger partial charge in [0.15, 0.2) is 9.84 Å². The molecule has 0 saturated carbocycles. The molecule has 8 heteroatoms. The smallest absolute Gasteiger partial charge is 0.312 e. The number of nitrogens with zero attached hydrogens (tertiary/aromatic N) is 2. The fourth-order valence-corrected chi connectivity index (χ4v) is 4.20. The van der Waals surface area contributed by atoms with Crippen molar-refractivity contribution in [2.75, 3.05) is 18.1 Å². The molecule has 1 aliphatic heterocycles. The Hall–Kier alpha value is -1.96. The van der Waals surface area contributed by atoms with Crippen LogP contribution in [0.15, 0.2) is 24.4 Å². The predicted molar refractivity (Wildman–Crippen MR) is 80.5 cm³/mol. The zero-order valence-corrected chi connectivity index (χ0v) is 13.2. The topological polar surface area (TPSA) is 96.4 Å². The van der Waals surface area contributed by atoms with E-state index in [-0.39, 0.29) is 18.1 Å². The van der Waals surface area contributed by atoms with Crippen molar-refractivity contribution in [3.63, 3.8) is 0 Å². The van der Waals surface area contributed by atoms with Gasteiger partial charge >= 0.3 is 11.8 Å². The molecule has 1 aromatic heterocycles. The van der Waals surface area contributed by atoms with E-state index in [2.05, 4.69) is 10.3 Å². The van der Waals surface area contributed by atoms with E-state index in [4.69, 9.17) is 0 Å². The quantitative estimate of drug-likeness (QED) is 0.769. The molecule has 1 aliphatic rings. The maximum absolute atomic E-state index is 12.2. The Kier molecular flexibility index (Phi) is 5.12. The number of aromatic nitrogens is 1. The molecule has 0 bridgehead atoms. The Morgan fingerprint density at radius 1 is 1.41 bits per heavy atom. The third-order valence-electron chi connectivity index (χ3n) is 3.60. The SMILES string of the molecule is CCN(C(=O)C(=O)NCc1ccccn1)C1CCS(=O)(=O)C1. The minimum atomic E-state index is -3.10. The van der Waals surface area contributed by atoms with Gasteiger partial charge in [-0.25, -0.2) is 8.42 Å². The second-order valence-electron chi connectivity index (χ2n) is 5.15. The Morgan fingerprint density at radius 3 is 2.73 bits per heavy atom. The van der Waals surface area contributed by atoms with Gasteiger partial charge < -0.3 is 10.2 Å². The predicted octanol–water partition coefficient (Wildman–Crippen LogP) is -0.267. The molecule has 2 heterocycles. The molecule has 22 heavy (non-hydrogen) atoms. The molecule has 1 N–H and O–H groups in total. The maximum atomic E-state index is 12.2. The summed E-state index contributed by atoms with van der Waals surface area (Å²) >= 11 is 0. The molecular weight excluding hydrogens is 306 g/mol. The highest BCUT2D eigenvalue weighted by atomic mass is 32.2.